The molecule has 0 amide bonds. The summed E-state index contributed by atoms with van der Waals surface area (Å²) >= 11 is -1.89. The molecule has 0 radical (unpaired) electrons. The summed E-state index contributed by atoms with van der Waals surface area (Å²) in [6.07, 6.45) is 0. The lowest BCUT2D eigenvalue weighted by atomic mass is 10.2. The molecule has 60 valence electrons. The lowest BCUT2D eigenvalue weighted by molar-refractivity contribution is 0.469. The summed E-state index contributed by atoms with van der Waals surface area (Å²) in [6.45, 7) is 0. The zero-order valence-electron chi connectivity index (χ0n) is 5.73. The van der Waals surface area contributed by atoms with Gasteiger partial charge in [-0.25, -0.2) is 4.21 Å². The molecule has 0 spiro atoms. The van der Waals surface area contributed by atoms with Gasteiger partial charge in [0.2, 0.25) is 0 Å². The average Bonchev–Trinajstić information content (AvgIpc) is 1.93. The van der Waals surface area contributed by atoms with Crippen LogP contribution in [0.1, 0.15) is 5.56 Å². The van der Waals surface area contributed by atoms with E-state index in [2.05, 4.69) is 0 Å². The highest BCUT2D eigenvalue weighted by Gasteiger charge is 2.01. The highest BCUT2D eigenvalue weighted by molar-refractivity contribution is 7.78. The molecule has 1 aromatic rings. The van der Waals surface area contributed by atoms with Gasteiger partial charge in [-0.3, -0.25) is 0 Å². The summed E-state index contributed by atoms with van der Waals surface area (Å²) in [5, 5.41) is 9.11. The van der Waals surface area contributed by atoms with Crippen molar-refractivity contribution in [3.63, 3.8) is 0 Å². The predicted molar refractivity (Wildman–Crippen MR) is 42.6 cm³/mol. The molecule has 2 N–H and O–H groups in total. The van der Waals surface area contributed by atoms with Crippen LogP contribution < -0.4 is 0 Å². The van der Waals surface area contributed by atoms with Gasteiger partial charge in [0.15, 0.2) is 11.1 Å². The van der Waals surface area contributed by atoms with Crippen molar-refractivity contribution in [3.8, 4) is 5.75 Å². The smallest absolute Gasteiger partial charge is 0.157 e. The number of phenolic OH excluding ortho intramolecular Hbond substituents is 1. The van der Waals surface area contributed by atoms with Crippen LogP contribution in [0, 0.1) is 0 Å². The first kappa shape index (κ1) is 8.23. The Bertz CT molecular complexity index is 272. The van der Waals surface area contributed by atoms with Gasteiger partial charge in [-0.2, -0.15) is 0 Å². The molecule has 1 rings (SSSR count). The number of phenols is 1. The quantitative estimate of drug-likeness (QED) is 0.657. The van der Waals surface area contributed by atoms with Gasteiger partial charge < -0.3 is 9.66 Å². The Kier molecular flexibility index (Phi) is 2.62. The molecule has 0 heterocycles. The maximum atomic E-state index is 10.3. The fourth-order valence-electron chi connectivity index (χ4n) is 0.766. The number of hydrogen-bond donors (Lipinski definition) is 2. The first-order chi connectivity index (χ1) is 5.20. The zero-order valence-corrected chi connectivity index (χ0v) is 6.54. The van der Waals surface area contributed by atoms with Crippen molar-refractivity contribution in [2.75, 3.05) is 0 Å². The minimum absolute atomic E-state index is 0.0212. The van der Waals surface area contributed by atoms with E-state index < -0.39 is 11.1 Å². The highest BCUT2D eigenvalue weighted by Crippen LogP contribution is 2.16. The fourth-order valence-corrected chi connectivity index (χ4v) is 1.28. The molecule has 0 saturated heterocycles. The molecule has 0 aliphatic rings. The summed E-state index contributed by atoms with van der Waals surface area (Å²) in [7, 11) is 0. The third-order valence-corrected chi connectivity index (χ3v) is 1.83. The first-order valence-corrected chi connectivity index (χ1v) is 4.32. The van der Waals surface area contributed by atoms with Gasteiger partial charge in [-0.1, -0.05) is 18.2 Å². The van der Waals surface area contributed by atoms with Crippen molar-refractivity contribution in [1.29, 1.82) is 0 Å². The minimum atomic E-state index is -1.89. The van der Waals surface area contributed by atoms with E-state index in [1.54, 1.807) is 18.2 Å². The van der Waals surface area contributed by atoms with Gasteiger partial charge in [0, 0.05) is 5.56 Å². The number of para-hydroxylation sites is 1. The Morgan fingerprint density at radius 3 is 2.55 bits per heavy atom. The molecule has 0 aromatic heterocycles. The number of hydrogen-bond acceptors (Lipinski definition) is 2. The first-order valence-electron chi connectivity index (χ1n) is 3.04. The Balaban J connectivity index is 2.86. The van der Waals surface area contributed by atoms with E-state index in [4.69, 9.17) is 9.66 Å². The molecule has 0 aliphatic carbocycles. The molecule has 11 heavy (non-hydrogen) atoms. The maximum absolute atomic E-state index is 10.3. The van der Waals surface area contributed by atoms with Crippen LogP contribution in [-0.4, -0.2) is 13.9 Å². The minimum Gasteiger partial charge on any atom is -0.508 e. The maximum Gasteiger partial charge on any atom is 0.157 e. The van der Waals surface area contributed by atoms with Crippen molar-refractivity contribution in [2.24, 2.45) is 0 Å². The normalized spacial score (nSPS) is 12.8. The average molecular weight is 172 g/mol. The molecule has 0 fully saturated rings. The van der Waals surface area contributed by atoms with E-state index >= 15 is 0 Å². The van der Waals surface area contributed by atoms with Crippen LogP contribution in [0.4, 0.5) is 0 Å². The van der Waals surface area contributed by atoms with E-state index in [1.807, 2.05) is 0 Å². The lowest BCUT2D eigenvalue weighted by Gasteiger charge is -1.98. The molecule has 0 saturated carbocycles. The van der Waals surface area contributed by atoms with Gasteiger partial charge in [0.25, 0.3) is 0 Å². The molecule has 3 nitrogen and oxygen atoms in total. The highest BCUT2D eigenvalue weighted by atomic mass is 32.2. The van der Waals surface area contributed by atoms with Crippen LogP contribution >= 0.6 is 0 Å². The molecule has 1 atom stereocenters. The van der Waals surface area contributed by atoms with Gasteiger partial charge in [0.05, 0.1) is 5.75 Å². The van der Waals surface area contributed by atoms with Crippen LogP contribution in [0.3, 0.4) is 0 Å². The van der Waals surface area contributed by atoms with Crippen molar-refractivity contribution < 1.29 is 13.9 Å². The van der Waals surface area contributed by atoms with Crippen LogP contribution in [0.2, 0.25) is 0 Å². The van der Waals surface area contributed by atoms with E-state index in [0.29, 0.717) is 5.56 Å². The zero-order chi connectivity index (χ0) is 8.27. The lowest BCUT2D eigenvalue weighted by Crippen LogP contribution is -1.92. The third-order valence-electron chi connectivity index (χ3n) is 1.27. The van der Waals surface area contributed by atoms with Crippen molar-refractivity contribution in [2.45, 2.75) is 5.75 Å². The largest absolute Gasteiger partial charge is 0.508 e. The summed E-state index contributed by atoms with van der Waals surface area (Å²) in [5.74, 6) is 0.0436. The fraction of sp³-hybridized carbons (Fsp3) is 0.143. The van der Waals surface area contributed by atoms with Crippen LogP contribution in [0.5, 0.6) is 5.75 Å². The molecule has 4 heteroatoms. The second-order valence-electron chi connectivity index (χ2n) is 2.09. The van der Waals surface area contributed by atoms with E-state index in [9.17, 15) is 4.21 Å². The molecular formula is C7H8O3S. The van der Waals surface area contributed by atoms with Crippen LogP contribution in [-0.2, 0) is 16.8 Å². The topological polar surface area (TPSA) is 57.5 Å². The summed E-state index contributed by atoms with van der Waals surface area (Å²) in [6, 6.07) is 6.48. The van der Waals surface area contributed by atoms with Crippen molar-refractivity contribution in [3.05, 3.63) is 29.8 Å². The van der Waals surface area contributed by atoms with Gasteiger partial charge in [0.1, 0.15) is 5.75 Å². The van der Waals surface area contributed by atoms with E-state index in [1.165, 1.54) is 6.07 Å². The van der Waals surface area contributed by atoms with Crippen LogP contribution in [0.15, 0.2) is 24.3 Å². The standard InChI is InChI=1S/C7H8O3S/c8-7-4-2-1-3-6(7)5-11(9)10/h1-4,8H,5H2,(H,9,10). The summed E-state index contributed by atoms with van der Waals surface area (Å²) in [5.41, 5.74) is 0.494. The van der Waals surface area contributed by atoms with Crippen molar-refractivity contribution >= 4 is 11.1 Å². The summed E-state index contributed by atoms with van der Waals surface area (Å²) < 4.78 is 18.8. The number of aromatic hydroxyl groups is 1. The summed E-state index contributed by atoms with van der Waals surface area (Å²) in [4.78, 5) is 0. The van der Waals surface area contributed by atoms with Gasteiger partial charge in [-0.05, 0) is 6.07 Å². The molecule has 0 aliphatic heterocycles. The molecule has 1 aromatic carbocycles. The monoisotopic (exact) mass is 172 g/mol. The predicted octanol–water partition coefficient (Wildman–Crippen LogP) is 1.11. The van der Waals surface area contributed by atoms with Crippen molar-refractivity contribution in [1.82, 2.24) is 0 Å². The second kappa shape index (κ2) is 3.50. The third kappa shape index (κ3) is 2.32. The molecule has 0 bridgehead atoms. The van der Waals surface area contributed by atoms with Crippen LogP contribution in [0.25, 0.3) is 0 Å². The van der Waals surface area contributed by atoms with E-state index in [0.717, 1.165) is 0 Å². The number of benzene rings is 1. The second-order valence-corrected chi connectivity index (χ2v) is 3.03. The van der Waals surface area contributed by atoms with Gasteiger partial charge in [-0.15, -0.1) is 0 Å². The Morgan fingerprint density at radius 1 is 1.36 bits per heavy atom. The Morgan fingerprint density at radius 2 is 2.00 bits per heavy atom. The Labute approximate surface area is 67.0 Å². The molecular weight excluding hydrogens is 164 g/mol. The molecule has 1 unspecified atom stereocenters. The Hall–Kier alpha value is -0.870. The number of rotatable bonds is 2. The van der Waals surface area contributed by atoms with E-state index in [-0.39, 0.29) is 11.5 Å². The van der Waals surface area contributed by atoms with Gasteiger partial charge >= 0.3 is 0 Å². The SMILES string of the molecule is O=S(O)Cc1ccccc1O.